The molecule has 0 aromatic carbocycles. The number of nitrogens with zero attached hydrogens (tertiary/aromatic N) is 5. The van der Waals surface area contributed by atoms with Crippen molar-refractivity contribution in [3.63, 3.8) is 0 Å². The number of hydrogen-bond acceptors (Lipinski definition) is 5. The molecule has 3 aromatic rings. The lowest BCUT2D eigenvalue weighted by atomic mass is 9.92. The fourth-order valence-electron chi connectivity index (χ4n) is 4.19. The van der Waals surface area contributed by atoms with Gasteiger partial charge in [0.2, 0.25) is 5.91 Å². The maximum Gasteiger partial charge on any atom is 0.417 e. The van der Waals surface area contributed by atoms with E-state index in [-0.39, 0.29) is 28.6 Å². The van der Waals surface area contributed by atoms with Crippen molar-refractivity contribution in [2.75, 3.05) is 13.1 Å². The molecule has 0 radical (unpaired) electrons. The smallest absolute Gasteiger partial charge is 0.342 e. The van der Waals surface area contributed by atoms with Crippen LogP contribution in [0.3, 0.4) is 0 Å². The summed E-state index contributed by atoms with van der Waals surface area (Å²) in [7, 11) is 0. The molecule has 4 heterocycles. The molecule has 0 saturated carbocycles. The SMILES string of the molecule is Cc1noc2nc([C@H]3CCCN(C(=O)CCCn4ccnc4C)C3)cc(C(F)(F)F)c12. The number of hydrogen-bond donors (Lipinski definition) is 0. The summed E-state index contributed by atoms with van der Waals surface area (Å²) < 4.78 is 48.0. The number of aromatic nitrogens is 4. The highest BCUT2D eigenvalue weighted by Gasteiger charge is 2.37. The summed E-state index contributed by atoms with van der Waals surface area (Å²) in [5, 5.41) is 3.55. The Morgan fingerprint density at radius 3 is 2.84 bits per heavy atom. The number of alkyl halides is 3. The van der Waals surface area contributed by atoms with Crippen molar-refractivity contribution in [2.24, 2.45) is 0 Å². The average molecular weight is 435 g/mol. The number of halogens is 3. The Bertz CT molecular complexity index is 1090. The van der Waals surface area contributed by atoms with Crippen LogP contribution in [0.1, 0.15) is 54.4 Å². The van der Waals surface area contributed by atoms with Gasteiger partial charge in [-0.2, -0.15) is 13.2 Å². The summed E-state index contributed by atoms with van der Waals surface area (Å²) in [6, 6.07) is 1.09. The van der Waals surface area contributed by atoms with Crippen molar-refractivity contribution in [1.82, 2.24) is 24.6 Å². The zero-order chi connectivity index (χ0) is 22.2. The zero-order valence-corrected chi connectivity index (χ0v) is 17.4. The lowest BCUT2D eigenvalue weighted by Crippen LogP contribution is -2.39. The third kappa shape index (κ3) is 4.42. The molecule has 1 aliphatic rings. The molecule has 3 aromatic heterocycles. The van der Waals surface area contributed by atoms with Crippen molar-refractivity contribution in [3.8, 4) is 0 Å². The summed E-state index contributed by atoms with van der Waals surface area (Å²) in [6.45, 7) is 5.04. The number of aryl methyl sites for hydroxylation is 3. The number of carbonyl (C=O) groups excluding carboxylic acids is 1. The molecule has 1 atom stereocenters. The Balaban J connectivity index is 1.47. The van der Waals surface area contributed by atoms with E-state index < -0.39 is 11.7 Å². The van der Waals surface area contributed by atoms with E-state index in [0.29, 0.717) is 51.0 Å². The van der Waals surface area contributed by atoms with Gasteiger partial charge in [-0.3, -0.25) is 4.79 Å². The van der Waals surface area contributed by atoms with E-state index in [4.69, 9.17) is 4.52 Å². The first kappa shape index (κ1) is 21.3. The molecule has 1 fully saturated rings. The first-order valence-electron chi connectivity index (χ1n) is 10.3. The summed E-state index contributed by atoms with van der Waals surface area (Å²) in [5.41, 5.74) is -0.440. The van der Waals surface area contributed by atoms with Crippen LogP contribution in [0.15, 0.2) is 23.0 Å². The van der Waals surface area contributed by atoms with E-state index in [9.17, 15) is 18.0 Å². The molecule has 0 bridgehead atoms. The van der Waals surface area contributed by atoms with Crippen LogP contribution in [0.5, 0.6) is 0 Å². The highest BCUT2D eigenvalue weighted by Crippen LogP contribution is 2.38. The fraction of sp³-hybridized carbons (Fsp3) is 0.524. The number of piperidine rings is 1. The molecule has 10 heteroatoms. The standard InChI is InChI=1S/C21H24F3N5O2/c1-13-19-16(21(22,23)24)11-17(26-20(19)31-27-13)15-5-3-9-29(12-15)18(30)6-4-8-28-10-7-25-14(28)2/h7,10-11,15H,3-6,8-9,12H2,1-2H3/t15-/m0/s1. The summed E-state index contributed by atoms with van der Waals surface area (Å²) in [5.74, 6) is 0.634. The number of likely N-dealkylation sites (tertiary alicyclic amines) is 1. The second-order valence-electron chi connectivity index (χ2n) is 7.99. The molecule has 1 amide bonds. The second-order valence-corrected chi connectivity index (χ2v) is 7.99. The molecule has 7 nitrogen and oxygen atoms in total. The zero-order valence-electron chi connectivity index (χ0n) is 17.4. The summed E-state index contributed by atoms with van der Waals surface area (Å²) in [4.78, 5) is 22.9. The molecule has 0 spiro atoms. The molecule has 1 saturated heterocycles. The predicted octanol–water partition coefficient (Wildman–Crippen LogP) is 4.24. The van der Waals surface area contributed by atoms with E-state index in [0.717, 1.165) is 11.9 Å². The van der Waals surface area contributed by atoms with Crippen LogP contribution >= 0.6 is 0 Å². The van der Waals surface area contributed by atoms with Crippen LogP contribution in [-0.2, 0) is 17.5 Å². The minimum Gasteiger partial charge on any atom is -0.342 e. The first-order valence-corrected chi connectivity index (χ1v) is 10.3. The lowest BCUT2D eigenvalue weighted by Gasteiger charge is -2.33. The van der Waals surface area contributed by atoms with Gasteiger partial charge >= 0.3 is 6.18 Å². The number of imidazole rings is 1. The van der Waals surface area contributed by atoms with Gasteiger partial charge in [-0.05, 0) is 39.2 Å². The van der Waals surface area contributed by atoms with Gasteiger partial charge in [0, 0.05) is 44.4 Å². The Hall–Kier alpha value is -2.91. The quantitative estimate of drug-likeness (QED) is 0.599. The number of amides is 1. The van der Waals surface area contributed by atoms with Crippen LogP contribution in [0.4, 0.5) is 13.2 Å². The maximum atomic E-state index is 13.6. The average Bonchev–Trinajstić information content (AvgIpc) is 3.32. The molecule has 31 heavy (non-hydrogen) atoms. The lowest BCUT2D eigenvalue weighted by molar-refractivity contribution is -0.136. The van der Waals surface area contributed by atoms with Crippen LogP contribution in [-0.4, -0.2) is 43.6 Å². The first-order chi connectivity index (χ1) is 14.7. The monoisotopic (exact) mass is 435 g/mol. The highest BCUT2D eigenvalue weighted by atomic mass is 19.4. The van der Waals surface area contributed by atoms with E-state index >= 15 is 0 Å². The van der Waals surface area contributed by atoms with Crippen LogP contribution in [0, 0.1) is 13.8 Å². The summed E-state index contributed by atoms with van der Waals surface area (Å²) >= 11 is 0. The third-order valence-corrected chi connectivity index (χ3v) is 5.85. The molecule has 166 valence electrons. The molecule has 4 rings (SSSR count). The molecule has 0 N–H and O–H groups in total. The van der Waals surface area contributed by atoms with Gasteiger partial charge in [-0.1, -0.05) is 5.16 Å². The number of carbonyl (C=O) groups is 1. The number of fused-ring (bicyclic) bond motifs is 1. The summed E-state index contributed by atoms with van der Waals surface area (Å²) in [6.07, 6.45) is 1.50. The molecule has 0 unspecified atom stereocenters. The van der Waals surface area contributed by atoms with E-state index in [1.165, 1.54) is 6.92 Å². The van der Waals surface area contributed by atoms with Crippen LogP contribution in [0.25, 0.3) is 11.1 Å². The normalized spacial score (nSPS) is 17.5. The van der Waals surface area contributed by atoms with Gasteiger partial charge in [0.15, 0.2) is 0 Å². The number of rotatable bonds is 5. The Kier molecular flexibility index (Phi) is 5.72. The molecule has 0 aliphatic carbocycles. The van der Waals surface area contributed by atoms with Crippen molar-refractivity contribution in [3.05, 3.63) is 41.2 Å². The topological polar surface area (TPSA) is 77.0 Å². The second kappa shape index (κ2) is 8.32. The van der Waals surface area contributed by atoms with Crippen molar-refractivity contribution in [1.29, 1.82) is 0 Å². The van der Waals surface area contributed by atoms with Gasteiger partial charge in [0.25, 0.3) is 5.71 Å². The van der Waals surface area contributed by atoms with Crippen molar-refractivity contribution in [2.45, 2.75) is 58.2 Å². The Morgan fingerprint density at radius 2 is 2.13 bits per heavy atom. The maximum absolute atomic E-state index is 13.6. The molecular formula is C21H24F3N5O2. The van der Waals surface area contributed by atoms with Gasteiger partial charge in [0.05, 0.1) is 22.3 Å². The van der Waals surface area contributed by atoms with Gasteiger partial charge in [-0.15, -0.1) is 0 Å². The van der Waals surface area contributed by atoms with E-state index in [1.807, 2.05) is 17.7 Å². The number of pyridine rings is 1. The van der Waals surface area contributed by atoms with Gasteiger partial charge in [0.1, 0.15) is 5.82 Å². The van der Waals surface area contributed by atoms with Crippen LogP contribution in [0.2, 0.25) is 0 Å². The minimum absolute atomic E-state index is 0.00935. The minimum atomic E-state index is -4.54. The largest absolute Gasteiger partial charge is 0.417 e. The third-order valence-electron chi connectivity index (χ3n) is 5.85. The molecular weight excluding hydrogens is 411 g/mol. The Morgan fingerprint density at radius 1 is 1.32 bits per heavy atom. The van der Waals surface area contributed by atoms with Crippen molar-refractivity contribution >= 4 is 17.0 Å². The van der Waals surface area contributed by atoms with E-state index in [2.05, 4.69) is 15.1 Å². The Labute approximate surface area is 177 Å². The predicted molar refractivity (Wildman–Crippen MR) is 106 cm³/mol. The van der Waals surface area contributed by atoms with Crippen LogP contribution < -0.4 is 0 Å². The van der Waals surface area contributed by atoms with Crippen molar-refractivity contribution < 1.29 is 22.5 Å². The molecule has 1 aliphatic heterocycles. The highest BCUT2D eigenvalue weighted by molar-refractivity contribution is 5.81. The fourth-order valence-corrected chi connectivity index (χ4v) is 4.19. The van der Waals surface area contributed by atoms with Gasteiger partial charge in [-0.25, -0.2) is 9.97 Å². The van der Waals surface area contributed by atoms with Gasteiger partial charge < -0.3 is 14.0 Å². The van der Waals surface area contributed by atoms with E-state index in [1.54, 1.807) is 11.1 Å².